The second-order valence-electron chi connectivity index (χ2n) is 14.2. The Balaban J connectivity index is 0.00000372. The molecule has 0 N–H and O–H groups in total. The number of hydrogen-bond donors (Lipinski definition) is 0. The molecule has 0 unspecified atom stereocenters. The van der Waals surface area contributed by atoms with Crippen LogP contribution < -0.4 is 14.5 Å². The number of furan rings is 1. The van der Waals surface area contributed by atoms with Gasteiger partial charge in [0.25, 0.3) is 0 Å². The van der Waals surface area contributed by atoms with Gasteiger partial charge >= 0.3 is 0 Å². The van der Waals surface area contributed by atoms with Crippen molar-refractivity contribution in [2.75, 3.05) is 9.80 Å². The number of fused-ring (bicyclic) bond motifs is 8. The zero-order valence-electron chi connectivity index (χ0n) is 29.3. The SMILES string of the molecule is CC(C)(C)c1ccnc(-n2c3[c-]c(Oc4[c-]c(N5[CH-]N(c6ccccc6)c6ccccc65)ccc4)ccc3c3oc4ccc5ccccc5c4c32)c1.[Pt]. The summed E-state index contributed by atoms with van der Waals surface area (Å²) in [6.07, 6.45) is 1.89. The van der Waals surface area contributed by atoms with Gasteiger partial charge in [0.05, 0.1) is 10.9 Å². The molecular weight excluding hydrogens is 836 g/mol. The van der Waals surface area contributed by atoms with E-state index in [-0.39, 0.29) is 26.5 Å². The fourth-order valence-corrected chi connectivity index (χ4v) is 7.33. The van der Waals surface area contributed by atoms with E-state index >= 15 is 0 Å². The maximum atomic E-state index is 6.65. The molecule has 10 rings (SSSR count). The molecule has 1 aliphatic rings. The summed E-state index contributed by atoms with van der Waals surface area (Å²) in [5.74, 6) is 1.96. The minimum Gasteiger partial charge on any atom is -0.509 e. The van der Waals surface area contributed by atoms with Crippen LogP contribution in [0.4, 0.5) is 22.7 Å². The van der Waals surface area contributed by atoms with Crippen LogP contribution in [0.25, 0.3) is 49.6 Å². The number of ether oxygens (including phenoxy) is 1. The molecule has 0 fully saturated rings. The second-order valence-corrected chi connectivity index (χ2v) is 14.2. The molecule has 0 saturated carbocycles. The molecule has 262 valence electrons. The molecule has 3 aromatic heterocycles. The normalized spacial score (nSPS) is 12.9. The van der Waals surface area contributed by atoms with Crippen LogP contribution in [0.5, 0.6) is 11.5 Å². The number of pyridine rings is 1. The fourth-order valence-electron chi connectivity index (χ4n) is 7.33. The summed E-state index contributed by atoms with van der Waals surface area (Å²) in [7, 11) is 0. The van der Waals surface area contributed by atoms with E-state index in [0.717, 1.165) is 72.3 Å². The molecule has 9 aromatic rings. The maximum absolute atomic E-state index is 6.65. The van der Waals surface area contributed by atoms with Gasteiger partial charge in [-0.3, -0.25) is 0 Å². The molecule has 4 heterocycles. The van der Waals surface area contributed by atoms with Crippen LogP contribution in [-0.4, -0.2) is 9.55 Å². The van der Waals surface area contributed by atoms with E-state index in [9.17, 15) is 0 Å². The van der Waals surface area contributed by atoms with E-state index in [1.54, 1.807) is 0 Å². The van der Waals surface area contributed by atoms with E-state index in [2.05, 4.69) is 157 Å². The van der Waals surface area contributed by atoms with Crippen LogP contribution in [0.2, 0.25) is 0 Å². The Bertz CT molecular complexity index is 2820. The quantitative estimate of drug-likeness (QED) is 0.161. The van der Waals surface area contributed by atoms with E-state index in [1.165, 1.54) is 5.56 Å². The Labute approximate surface area is 322 Å². The van der Waals surface area contributed by atoms with E-state index in [1.807, 2.05) is 36.5 Å². The Morgan fingerprint density at radius 3 is 2.28 bits per heavy atom. The summed E-state index contributed by atoms with van der Waals surface area (Å²) in [6.45, 7) is 8.76. The minimum atomic E-state index is -0.0603. The Hall–Kier alpha value is -5.84. The summed E-state index contributed by atoms with van der Waals surface area (Å²) < 4.78 is 15.4. The molecule has 1 aliphatic heterocycles. The van der Waals surface area contributed by atoms with Crippen molar-refractivity contribution in [2.24, 2.45) is 0 Å². The average Bonchev–Trinajstić information content (AvgIpc) is 3.84. The largest absolute Gasteiger partial charge is 0.509 e. The van der Waals surface area contributed by atoms with Gasteiger partial charge in [-0.1, -0.05) is 92.3 Å². The number of hydrogen-bond acceptors (Lipinski definition) is 5. The second kappa shape index (κ2) is 12.7. The zero-order valence-corrected chi connectivity index (χ0v) is 31.6. The molecule has 0 amide bonds. The zero-order chi connectivity index (χ0) is 35.0. The molecule has 0 spiro atoms. The number of para-hydroxylation sites is 3. The van der Waals surface area contributed by atoms with Crippen molar-refractivity contribution in [3.63, 3.8) is 0 Å². The molecule has 6 nitrogen and oxygen atoms in total. The predicted octanol–water partition coefficient (Wildman–Crippen LogP) is 12.2. The van der Waals surface area contributed by atoms with Crippen molar-refractivity contribution in [3.05, 3.63) is 164 Å². The van der Waals surface area contributed by atoms with E-state index in [4.69, 9.17) is 14.1 Å². The first-order chi connectivity index (χ1) is 25.4. The third-order valence-corrected chi connectivity index (χ3v) is 9.88. The van der Waals surface area contributed by atoms with Crippen LogP contribution in [-0.2, 0) is 26.5 Å². The van der Waals surface area contributed by atoms with Crippen LogP contribution in [0, 0.1) is 18.8 Å². The first-order valence-corrected chi connectivity index (χ1v) is 17.5. The summed E-state index contributed by atoms with van der Waals surface area (Å²) in [5, 5.41) is 4.27. The van der Waals surface area contributed by atoms with Gasteiger partial charge in [0.1, 0.15) is 17.0 Å². The topological polar surface area (TPSA) is 46.7 Å². The van der Waals surface area contributed by atoms with Crippen molar-refractivity contribution < 1.29 is 30.2 Å². The van der Waals surface area contributed by atoms with Gasteiger partial charge in [0, 0.05) is 55.8 Å². The molecule has 7 heteroatoms. The van der Waals surface area contributed by atoms with Gasteiger partial charge in [-0.05, 0) is 64.2 Å². The van der Waals surface area contributed by atoms with Crippen LogP contribution in [0.3, 0.4) is 0 Å². The Morgan fingerprint density at radius 1 is 0.698 bits per heavy atom. The predicted molar refractivity (Wildman–Crippen MR) is 210 cm³/mol. The monoisotopic (exact) mass is 868 g/mol. The van der Waals surface area contributed by atoms with Crippen molar-refractivity contribution >= 4 is 66.5 Å². The van der Waals surface area contributed by atoms with E-state index < -0.39 is 0 Å². The standard InChI is InChI=1S/C46H33N4O2.Pt/c1-46(2,3)31-24-25-47-42(26-31)50-40-28-35(21-22-37(40)45-44(50)43-36-17-8-7-12-30(36)20-23-41(43)52-45)51-34-16-11-15-33(27-34)49-29-48(32-13-5-4-6-14-32)38-18-9-10-19-39(38)49;/h4-26,29H,1-3H3;/q-3;. The van der Waals surface area contributed by atoms with Crippen LogP contribution in [0.1, 0.15) is 26.3 Å². The third kappa shape index (κ3) is 5.48. The van der Waals surface area contributed by atoms with Gasteiger partial charge in [-0.15, -0.1) is 42.7 Å². The number of nitrogens with zero attached hydrogens (tertiary/aromatic N) is 4. The summed E-state index contributed by atoms with van der Waals surface area (Å²) in [6, 6.07) is 52.7. The summed E-state index contributed by atoms with van der Waals surface area (Å²) >= 11 is 0. The first kappa shape index (κ1) is 33.0. The molecule has 0 bridgehead atoms. The van der Waals surface area contributed by atoms with Crippen LogP contribution >= 0.6 is 0 Å². The first-order valence-electron chi connectivity index (χ1n) is 17.5. The molecule has 0 aliphatic carbocycles. The van der Waals surface area contributed by atoms with Crippen molar-refractivity contribution in [3.8, 4) is 17.3 Å². The Morgan fingerprint density at radius 2 is 1.45 bits per heavy atom. The number of aromatic nitrogens is 2. The van der Waals surface area contributed by atoms with Crippen molar-refractivity contribution in [1.82, 2.24) is 9.55 Å². The van der Waals surface area contributed by atoms with Crippen LogP contribution in [0.15, 0.2) is 144 Å². The van der Waals surface area contributed by atoms with Crippen molar-refractivity contribution in [1.29, 1.82) is 0 Å². The number of rotatable bonds is 5. The number of anilines is 4. The molecule has 0 saturated heterocycles. The summed E-state index contributed by atoms with van der Waals surface area (Å²) in [4.78, 5) is 9.26. The summed E-state index contributed by atoms with van der Waals surface area (Å²) in [5.41, 5.74) is 8.68. The smallest absolute Gasteiger partial charge is 0.136 e. The van der Waals surface area contributed by atoms with Gasteiger partial charge < -0.3 is 23.5 Å². The molecule has 0 atom stereocenters. The van der Waals surface area contributed by atoms with Gasteiger partial charge in [0.2, 0.25) is 0 Å². The third-order valence-electron chi connectivity index (χ3n) is 9.88. The number of benzene rings is 6. The average molecular weight is 869 g/mol. The van der Waals surface area contributed by atoms with Gasteiger partial charge in [-0.25, -0.2) is 4.98 Å². The molecule has 53 heavy (non-hydrogen) atoms. The van der Waals surface area contributed by atoms with Gasteiger partial charge in [0.15, 0.2) is 0 Å². The molecular formula is C46H33N4O2Pt-3. The van der Waals surface area contributed by atoms with Gasteiger partial charge in [-0.2, -0.15) is 12.1 Å². The van der Waals surface area contributed by atoms with Crippen molar-refractivity contribution in [2.45, 2.75) is 26.2 Å². The molecule has 0 radical (unpaired) electrons. The maximum Gasteiger partial charge on any atom is 0.136 e. The fraction of sp³-hybridized carbons (Fsp3) is 0.0870. The Kier molecular flexibility index (Phi) is 7.90. The van der Waals surface area contributed by atoms with E-state index in [0.29, 0.717) is 11.5 Å². The minimum absolute atomic E-state index is 0. The molecule has 6 aromatic carbocycles.